The third-order valence-electron chi connectivity index (χ3n) is 5.81. The first-order chi connectivity index (χ1) is 17.7. The average molecular weight is 539 g/mol. The van der Waals surface area contributed by atoms with Crippen LogP contribution in [-0.2, 0) is 14.3 Å². The number of hydrogen-bond donors (Lipinski definition) is 1. The SMILES string of the molecule is C=CCOC(=O)c1sc(N2C(=O)C(=O)/C(=C(\O)c3ccc(OC)c(C)c3)C2c2ccc(Cl)cc2)nc1C. The molecule has 37 heavy (non-hydrogen) atoms. The molecular weight excluding hydrogens is 516 g/mol. The minimum absolute atomic E-state index is 0.0159. The number of Topliss-reactive ketones (excluding diaryl/α,β-unsaturated/α-hetero) is 1. The Balaban J connectivity index is 1.88. The zero-order valence-corrected chi connectivity index (χ0v) is 21.9. The van der Waals surface area contributed by atoms with Crippen molar-refractivity contribution in [1.29, 1.82) is 0 Å². The monoisotopic (exact) mass is 538 g/mol. The van der Waals surface area contributed by atoms with E-state index in [-0.39, 0.29) is 27.9 Å². The number of aliphatic hydroxyl groups is 1. The standard InChI is InChI=1S/C27H23ClN2O6S/c1-5-12-36-26(34)24-15(3)29-27(37-24)30-21(16-6-9-18(28)10-7-16)20(23(32)25(30)33)22(31)17-8-11-19(35-4)14(2)13-17/h5-11,13,21,31H,1,12H2,2-4H3/b22-20-. The van der Waals surface area contributed by atoms with E-state index in [1.807, 2.05) is 0 Å². The van der Waals surface area contributed by atoms with Crippen molar-refractivity contribution in [1.82, 2.24) is 4.98 Å². The minimum Gasteiger partial charge on any atom is -0.507 e. The number of anilines is 1. The second-order valence-corrected chi connectivity index (χ2v) is 9.62. The number of ketones is 1. The van der Waals surface area contributed by atoms with E-state index < -0.39 is 23.7 Å². The number of methoxy groups -OCH3 is 1. The summed E-state index contributed by atoms with van der Waals surface area (Å²) in [7, 11) is 1.53. The van der Waals surface area contributed by atoms with E-state index in [9.17, 15) is 19.5 Å². The van der Waals surface area contributed by atoms with E-state index in [4.69, 9.17) is 21.1 Å². The highest BCUT2D eigenvalue weighted by Crippen LogP contribution is 2.44. The Bertz CT molecular complexity index is 1440. The highest BCUT2D eigenvalue weighted by atomic mass is 35.5. The van der Waals surface area contributed by atoms with Gasteiger partial charge in [-0.2, -0.15) is 0 Å². The number of amides is 1. The lowest BCUT2D eigenvalue weighted by Gasteiger charge is -2.23. The smallest absolute Gasteiger partial charge is 0.350 e. The van der Waals surface area contributed by atoms with Crippen molar-refractivity contribution in [2.24, 2.45) is 0 Å². The van der Waals surface area contributed by atoms with Crippen molar-refractivity contribution in [3.63, 3.8) is 0 Å². The lowest BCUT2D eigenvalue weighted by atomic mass is 9.95. The van der Waals surface area contributed by atoms with Crippen LogP contribution in [0.1, 0.15) is 38.1 Å². The number of halogens is 1. The molecule has 3 aromatic rings. The zero-order chi connectivity index (χ0) is 26.9. The summed E-state index contributed by atoms with van der Waals surface area (Å²) in [4.78, 5) is 45.0. The van der Waals surface area contributed by atoms with Crippen LogP contribution in [-0.4, -0.2) is 41.5 Å². The van der Waals surface area contributed by atoms with Gasteiger partial charge < -0.3 is 14.6 Å². The maximum absolute atomic E-state index is 13.4. The van der Waals surface area contributed by atoms with Gasteiger partial charge in [-0.1, -0.05) is 47.7 Å². The molecule has 1 fully saturated rings. The summed E-state index contributed by atoms with van der Waals surface area (Å²) in [6, 6.07) is 10.5. The number of carbonyl (C=O) groups excluding carboxylic acids is 3. The molecule has 1 saturated heterocycles. The number of rotatable bonds is 7. The van der Waals surface area contributed by atoms with E-state index in [1.54, 1.807) is 56.3 Å². The van der Waals surface area contributed by atoms with Crippen molar-refractivity contribution in [3.8, 4) is 5.75 Å². The second kappa shape index (κ2) is 10.6. The molecule has 2 heterocycles. The van der Waals surface area contributed by atoms with E-state index >= 15 is 0 Å². The zero-order valence-electron chi connectivity index (χ0n) is 20.3. The fourth-order valence-corrected chi connectivity index (χ4v) is 5.16. The molecule has 2 aromatic carbocycles. The molecule has 8 nitrogen and oxygen atoms in total. The van der Waals surface area contributed by atoms with Gasteiger partial charge in [-0.15, -0.1) is 0 Å². The Morgan fingerprint density at radius 2 is 1.92 bits per heavy atom. The Labute approximate surface area is 222 Å². The van der Waals surface area contributed by atoms with Gasteiger partial charge in [-0.3, -0.25) is 14.5 Å². The Hall–Kier alpha value is -3.95. The predicted octanol–water partition coefficient (Wildman–Crippen LogP) is 5.39. The molecule has 10 heteroatoms. The summed E-state index contributed by atoms with van der Waals surface area (Å²) < 4.78 is 10.4. The van der Waals surface area contributed by atoms with E-state index in [0.29, 0.717) is 27.6 Å². The Morgan fingerprint density at radius 1 is 1.22 bits per heavy atom. The fraction of sp³-hybridized carbons (Fsp3) is 0.185. The number of hydrogen-bond acceptors (Lipinski definition) is 8. The number of ether oxygens (including phenoxy) is 2. The summed E-state index contributed by atoms with van der Waals surface area (Å²) >= 11 is 7.01. The summed E-state index contributed by atoms with van der Waals surface area (Å²) in [5.41, 5.74) is 1.84. The minimum atomic E-state index is -1.01. The molecule has 0 aliphatic carbocycles. The number of aliphatic hydroxyl groups excluding tert-OH is 1. The van der Waals surface area contributed by atoms with Gasteiger partial charge in [0, 0.05) is 10.6 Å². The third kappa shape index (κ3) is 4.87. The molecule has 1 unspecified atom stereocenters. The average Bonchev–Trinajstić information content (AvgIpc) is 3.39. The number of carbonyl (C=O) groups is 3. The first-order valence-electron chi connectivity index (χ1n) is 11.1. The van der Waals surface area contributed by atoms with Gasteiger partial charge in [0.15, 0.2) is 5.13 Å². The van der Waals surface area contributed by atoms with Crippen LogP contribution in [0.2, 0.25) is 5.02 Å². The van der Waals surface area contributed by atoms with Crippen LogP contribution in [0.25, 0.3) is 5.76 Å². The normalized spacial score (nSPS) is 16.6. The molecule has 1 atom stereocenters. The molecule has 4 rings (SSSR count). The number of aryl methyl sites for hydroxylation is 2. The molecule has 0 spiro atoms. The van der Waals surface area contributed by atoms with Crippen molar-refractivity contribution in [3.05, 3.63) is 93.0 Å². The first kappa shape index (κ1) is 26.1. The third-order valence-corrected chi connectivity index (χ3v) is 7.20. The number of aromatic nitrogens is 1. The van der Waals surface area contributed by atoms with Crippen molar-refractivity contribution < 1.29 is 29.0 Å². The molecular formula is C27H23ClN2O6S. The highest BCUT2D eigenvalue weighted by molar-refractivity contribution is 7.17. The number of thiazole rings is 1. The number of benzene rings is 2. The van der Waals surface area contributed by atoms with Crippen LogP contribution >= 0.6 is 22.9 Å². The van der Waals surface area contributed by atoms with Gasteiger partial charge in [-0.25, -0.2) is 9.78 Å². The lowest BCUT2D eigenvalue weighted by molar-refractivity contribution is -0.132. The molecule has 0 saturated carbocycles. The van der Waals surface area contributed by atoms with Crippen LogP contribution in [0.4, 0.5) is 5.13 Å². The van der Waals surface area contributed by atoms with Crippen LogP contribution in [0, 0.1) is 13.8 Å². The molecule has 0 bridgehead atoms. The maximum atomic E-state index is 13.4. The molecule has 1 N–H and O–H groups in total. The Morgan fingerprint density at radius 3 is 2.54 bits per heavy atom. The Kier molecular flexibility index (Phi) is 7.47. The molecule has 1 amide bonds. The van der Waals surface area contributed by atoms with E-state index in [0.717, 1.165) is 16.9 Å². The largest absolute Gasteiger partial charge is 0.507 e. The van der Waals surface area contributed by atoms with Gasteiger partial charge in [0.25, 0.3) is 5.78 Å². The molecule has 190 valence electrons. The van der Waals surface area contributed by atoms with Crippen molar-refractivity contribution in [2.45, 2.75) is 19.9 Å². The van der Waals surface area contributed by atoms with Gasteiger partial charge >= 0.3 is 11.9 Å². The molecule has 1 aliphatic rings. The number of nitrogens with zero attached hydrogens (tertiary/aromatic N) is 2. The van der Waals surface area contributed by atoms with Crippen molar-refractivity contribution in [2.75, 3.05) is 18.6 Å². The summed E-state index contributed by atoms with van der Waals surface area (Å²) in [5.74, 6) is -2.11. The van der Waals surface area contributed by atoms with E-state index in [1.165, 1.54) is 18.1 Å². The van der Waals surface area contributed by atoms with Gasteiger partial charge in [0.05, 0.1) is 24.4 Å². The van der Waals surface area contributed by atoms with Gasteiger partial charge in [0.2, 0.25) is 0 Å². The summed E-state index contributed by atoms with van der Waals surface area (Å²) in [5, 5.41) is 11.9. The van der Waals surface area contributed by atoms with Gasteiger partial charge in [0.1, 0.15) is 23.0 Å². The number of esters is 1. The van der Waals surface area contributed by atoms with Crippen LogP contribution < -0.4 is 9.64 Å². The second-order valence-electron chi connectivity index (χ2n) is 8.20. The lowest BCUT2D eigenvalue weighted by Crippen LogP contribution is -2.29. The fourth-order valence-electron chi connectivity index (χ4n) is 4.05. The topological polar surface area (TPSA) is 106 Å². The highest BCUT2D eigenvalue weighted by Gasteiger charge is 2.48. The van der Waals surface area contributed by atoms with Crippen molar-refractivity contribution >= 4 is 51.5 Å². The maximum Gasteiger partial charge on any atom is 0.350 e. The molecule has 1 aliphatic heterocycles. The van der Waals surface area contributed by atoms with E-state index in [2.05, 4.69) is 11.6 Å². The molecule has 1 aromatic heterocycles. The quantitative estimate of drug-likeness (QED) is 0.141. The first-order valence-corrected chi connectivity index (χ1v) is 12.3. The van der Waals surface area contributed by atoms with Crippen LogP contribution in [0.5, 0.6) is 5.75 Å². The van der Waals surface area contributed by atoms with Gasteiger partial charge in [-0.05, 0) is 55.3 Å². The molecule has 0 radical (unpaired) electrons. The summed E-state index contributed by atoms with van der Waals surface area (Å²) in [6.07, 6.45) is 1.44. The summed E-state index contributed by atoms with van der Waals surface area (Å²) in [6.45, 7) is 6.95. The van der Waals surface area contributed by atoms with Crippen LogP contribution in [0.3, 0.4) is 0 Å². The van der Waals surface area contributed by atoms with Crippen LogP contribution in [0.15, 0.2) is 60.7 Å². The predicted molar refractivity (Wildman–Crippen MR) is 141 cm³/mol.